The number of hydrogen-bond acceptors (Lipinski definition) is 3. The Balaban J connectivity index is 1.47. The molecule has 0 aliphatic carbocycles. The van der Waals surface area contributed by atoms with Gasteiger partial charge < -0.3 is 10.2 Å². The molecule has 4 amide bonds. The molecule has 0 atom stereocenters. The van der Waals surface area contributed by atoms with Gasteiger partial charge in [0.15, 0.2) is 0 Å². The van der Waals surface area contributed by atoms with E-state index in [-0.39, 0.29) is 42.0 Å². The zero-order valence-electron chi connectivity index (χ0n) is 17.4. The molecule has 0 saturated carbocycles. The normalized spacial score (nSPS) is 17.9. The van der Waals surface area contributed by atoms with Gasteiger partial charge in [0.25, 0.3) is 11.8 Å². The van der Waals surface area contributed by atoms with Crippen LogP contribution in [0.15, 0.2) is 36.4 Å². The first-order chi connectivity index (χ1) is 14.7. The molecule has 0 radical (unpaired) electrons. The molecule has 6 nitrogen and oxygen atoms in total. The largest absolute Gasteiger partial charge is 0.338 e. The Labute approximate surface area is 185 Å². The van der Waals surface area contributed by atoms with E-state index in [0.29, 0.717) is 12.8 Å². The Bertz CT molecular complexity index is 1080. The summed E-state index contributed by atoms with van der Waals surface area (Å²) in [6.45, 7) is 4.64. The molecular formula is C23H23ClFN3O3. The Morgan fingerprint density at radius 1 is 1.13 bits per heavy atom. The highest BCUT2D eigenvalue weighted by Gasteiger charge is 2.52. The average molecular weight is 444 g/mol. The van der Waals surface area contributed by atoms with Gasteiger partial charge in [-0.25, -0.2) is 9.18 Å². The van der Waals surface area contributed by atoms with Gasteiger partial charge in [-0.2, -0.15) is 0 Å². The summed E-state index contributed by atoms with van der Waals surface area (Å²) in [6.07, 6.45) is 0.582. The van der Waals surface area contributed by atoms with E-state index in [2.05, 4.69) is 5.32 Å². The van der Waals surface area contributed by atoms with Crippen molar-refractivity contribution in [1.29, 1.82) is 0 Å². The van der Waals surface area contributed by atoms with Crippen molar-refractivity contribution in [1.82, 2.24) is 15.1 Å². The minimum atomic E-state index is -1.02. The maximum absolute atomic E-state index is 13.6. The van der Waals surface area contributed by atoms with Crippen molar-refractivity contribution in [3.05, 3.63) is 69.5 Å². The van der Waals surface area contributed by atoms with E-state index in [4.69, 9.17) is 11.6 Å². The van der Waals surface area contributed by atoms with Gasteiger partial charge >= 0.3 is 6.03 Å². The van der Waals surface area contributed by atoms with Gasteiger partial charge in [-0.3, -0.25) is 14.5 Å². The smallest absolute Gasteiger partial charge is 0.325 e. The third-order valence-corrected chi connectivity index (χ3v) is 6.47. The maximum Gasteiger partial charge on any atom is 0.325 e. The van der Waals surface area contributed by atoms with Gasteiger partial charge in [-0.1, -0.05) is 35.4 Å². The molecule has 4 rings (SSSR count). The first-order valence-corrected chi connectivity index (χ1v) is 10.5. The Morgan fingerprint density at radius 3 is 2.55 bits per heavy atom. The fourth-order valence-corrected chi connectivity index (χ4v) is 4.42. The standard InChI is InChI=1S/C23H23ClFN3O3/c1-14-3-4-15(2)16(11-14)13-28-21(30)23(26-22(28)31)7-9-27(10-8-23)20(29)18-12-17(25)5-6-19(18)24/h3-6,11-12H,7-10,13H2,1-2H3,(H,26,31). The Kier molecular flexibility index (Phi) is 5.47. The maximum atomic E-state index is 13.6. The third-order valence-electron chi connectivity index (χ3n) is 6.14. The fourth-order valence-electron chi connectivity index (χ4n) is 4.22. The molecule has 31 heavy (non-hydrogen) atoms. The van der Waals surface area contributed by atoms with E-state index in [1.54, 1.807) is 4.90 Å². The molecule has 1 spiro atoms. The first kappa shape index (κ1) is 21.3. The van der Waals surface area contributed by atoms with Crippen LogP contribution in [0.25, 0.3) is 0 Å². The number of aryl methyl sites for hydroxylation is 2. The second-order valence-corrected chi connectivity index (χ2v) is 8.66. The fraction of sp³-hybridized carbons (Fsp3) is 0.348. The first-order valence-electron chi connectivity index (χ1n) is 10.1. The van der Waals surface area contributed by atoms with Crippen LogP contribution in [0.5, 0.6) is 0 Å². The molecule has 2 aliphatic heterocycles. The Hall–Kier alpha value is -2.93. The topological polar surface area (TPSA) is 69.7 Å². The lowest BCUT2D eigenvalue weighted by Crippen LogP contribution is -2.55. The van der Waals surface area contributed by atoms with E-state index < -0.39 is 17.4 Å². The Morgan fingerprint density at radius 2 is 1.84 bits per heavy atom. The second kappa shape index (κ2) is 7.96. The van der Waals surface area contributed by atoms with Crippen LogP contribution in [0, 0.1) is 19.7 Å². The van der Waals surface area contributed by atoms with Gasteiger partial charge in [0.1, 0.15) is 11.4 Å². The number of rotatable bonds is 3. The molecule has 2 aromatic carbocycles. The lowest BCUT2D eigenvalue weighted by molar-refractivity contribution is -0.133. The number of imide groups is 1. The highest BCUT2D eigenvalue weighted by Crippen LogP contribution is 2.32. The number of nitrogens with zero attached hydrogens (tertiary/aromatic N) is 2. The van der Waals surface area contributed by atoms with Crippen molar-refractivity contribution in [2.45, 2.75) is 38.8 Å². The van der Waals surface area contributed by atoms with Crippen molar-refractivity contribution < 1.29 is 18.8 Å². The van der Waals surface area contributed by atoms with Crippen LogP contribution < -0.4 is 5.32 Å². The lowest BCUT2D eigenvalue weighted by atomic mass is 9.87. The van der Waals surface area contributed by atoms with Crippen LogP contribution in [0.4, 0.5) is 9.18 Å². The minimum Gasteiger partial charge on any atom is -0.338 e. The molecular weight excluding hydrogens is 421 g/mol. The number of halogens is 2. The van der Waals surface area contributed by atoms with E-state index >= 15 is 0 Å². The number of urea groups is 1. The van der Waals surface area contributed by atoms with Crippen LogP contribution >= 0.6 is 11.6 Å². The summed E-state index contributed by atoms with van der Waals surface area (Å²) in [7, 11) is 0. The SMILES string of the molecule is Cc1ccc(C)c(CN2C(=O)NC3(CCN(C(=O)c4cc(F)ccc4Cl)CC3)C2=O)c1. The molecule has 8 heteroatoms. The molecule has 162 valence electrons. The van der Waals surface area contributed by atoms with Gasteiger partial charge in [0.05, 0.1) is 17.1 Å². The van der Waals surface area contributed by atoms with Crippen molar-refractivity contribution >= 4 is 29.4 Å². The summed E-state index contributed by atoms with van der Waals surface area (Å²) >= 11 is 6.06. The summed E-state index contributed by atoms with van der Waals surface area (Å²) < 4.78 is 13.6. The monoisotopic (exact) mass is 443 g/mol. The average Bonchev–Trinajstić information content (AvgIpc) is 2.96. The molecule has 2 aliphatic rings. The predicted molar refractivity (Wildman–Crippen MR) is 114 cm³/mol. The minimum absolute atomic E-state index is 0.0935. The quantitative estimate of drug-likeness (QED) is 0.733. The van der Waals surface area contributed by atoms with Crippen LogP contribution in [0.3, 0.4) is 0 Å². The van der Waals surface area contributed by atoms with E-state index in [1.807, 2.05) is 32.0 Å². The molecule has 1 N–H and O–H groups in total. The van der Waals surface area contributed by atoms with Crippen LogP contribution in [0.1, 0.15) is 39.9 Å². The summed E-state index contributed by atoms with van der Waals surface area (Å²) in [5.41, 5.74) is 2.08. The number of amides is 4. The van der Waals surface area contributed by atoms with Crippen molar-refractivity contribution in [2.75, 3.05) is 13.1 Å². The summed E-state index contributed by atoms with van der Waals surface area (Å²) in [5, 5.41) is 3.03. The molecule has 0 bridgehead atoms. The van der Waals surface area contributed by atoms with Gasteiger partial charge in [-0.05, 0) is 56.0 Å². The molecule has 2 heterocycles. The van der Waals surface area contributed by atoms with E-state index in [0.717, 1.165) is 22.8 Å². The van der Waals surface area contributed by atoms with Crippen LogP contribution in [-0.4, -0.2) is 46.3 Å². The zero-order valence-corrected chi connectivity index (χ0v) is 18.1. The number of carbonyl (C=O) groups is 3. The van der Waals surface area contributed by atoms with E-state index in [1.165, 1.54) is 17.0 Å². The molecule has 0 aromatic heterocycles. The number of nitrogens with one attached hydrogen (secondary N) is 1. The number of likely N-dealkylation sites (tertiary alicyclic amines) is 1. The third kappa shape index (κ3) is 3.90. The molecule has 2 fully saturated rings. The second-order valence-electron chi connectivity index (χ2n) is 8.25. The highest BCUT2D eigenvalue weighted by atomic mass is 35.5. The number of hydrogen-bond donors (Lipinski definition) is 1. The van der Waals surface area contributed by atoms with Crippen molar-refractivity contribution in [2.24, 2.45) is 0 Å². The van der Waals surface area contributed by atoms with Gasteiger partial charge in [-0.15, -0.1) is 0 Å². The number of carbonyl (C=O) groups excluding carboxylic acids is 3. The van der Waals surface area contributed by atoms with E-state index in [9.17, 15) is 18.8 Å². The molecule has 2 aromatic rings. The predicted octanol–water partition coefficient (Wildman–Crippen LogP) is 3.82. The lowest BCUT2D eigenvalue weighted by Gasteiger charge is -2.37. The summed E-state index contributed by atoms with van der Waals surface area (Å²) in [4.78, 5) is 41.4. The van der Waals surface area contributed by atoms with Crippen LogP contribution in [-0.2, 0) is 11.3 Å². The van der Waals surface area contributed by atoms with Crippen LogP contribution in [0.2, 0.25) is 5.02 Å². The zero-order chi connectivity index (χ0) is 22.3. The highest BCUT2D eigenvalue weighted by molar-refractivity contribution is 6.33. The number of benzene rings is 2. The van der Waals surface area contributed by atoms with Gasteiger partial charge in [0, 0.05) is 13.1 Å². The molecule has 0 unspecified atom stereocenters. The summed E-state index contributed by atoms with van der Waals surface area (Å²) in [6, 6.07) is 9.18. The molecule has 2 saturated heterocycles. The van der Waals surface area contributed by atoms with Gasteiger partial charge in [0.2, 0.25) is 0 Å². The number of piperidine rings is 1. The van der Waals surface area contributed by atoms with Crippen molar-refractivity contribution in [3.8, 4) is 0 Å². The summed E-state index contributed by atoms with van der Waals surface area (Å²) in [5.74, 6) is -1.20. The van der Waals surface area contributed by atoms with Crippen molar-refractivity contribution in [3.63, 3.8) is 0 Å².